The summed E-state index contributed by atoms with van der Waals surface area (Å²) in [6, 6.07) is 0. The Morgan fingerprint density at radius 3 is 3.22 bits per heavy atom. The molecular formula is C7H12O2. The molecule has 2 heteroatoms. The van der Waals surface area contributed by atoms with Crippen LogP contribution in [0.25, 0.3) is 0 Å². The summed E-state index contributed by atoms with van der Waals surface area (Å²) < 4.78 is 10.4. The van der Waals surface area contributed by atoms with E-state index >= 15 is 0 Å². The van der Waals surface area contributed by atoms with Crippen LogP contribution >= 0.6 is 0 Å². The second-order valence-electron chi connectivity index (χ2n) is 1.91. The fraction of sp³-hybridized carbons (Fsp3) is 0.714. The van der Waals surface area contributed by atoms with Crippen LogP contribution in [0.5, 0.6) is 0 Å². The van der Waals surface area contributed by atoms with Crippen molar-refractivity contribution in [3.05, 3.63) is 12.2 Å². The molecule has 0 amide bonds. The highest BCUT2D eigenvalue weighted by molar-refractivity contribution is 4.88. The quantitative estimate of drug-likeness (QED) is 0.522. The first-order valence-electron chi connectivity index (χ1n) is 3.33. The van der Waals surface area contributed by atoms with Crippen LogP contribution in [0.15, 0.2) is 12.2 Å². The molecule has 1 atom stereocenters. The van der Waals surface area contributed by atoms with Crippen LogP contribution in [0.4, 0.5) is 0 Å². The molecule has 9 heavy (non-hydrogen) atoms. The van der Waals surface area contributed by atoms with Crippen LogP contribution in [0.3, 0.4) is 0 Å². The van der Waals surface area contributed by atoms with E-state index in [2.05, 4.69) is 6.08 Å². The Balaban J connectivity index is 2.23. The molecule has 0 bridgehead atoms. The standard InChI is InChI=1S/C7H12O2/c1-2-8-7-5-3-4-6-9-7/h3,5,7H,2,4,6H2,1H3. The molecule has 1 heterocycles. The third-order valence-electron chi connectivity index (χ3n) is 1.19. The van der Waals surface area contributed by atoms with Gasteiger partial charge >= 0.3 is 0 Å². The highest BCUT2D eigenvalue weighted by atomic mass is 16.7. The molecule has 0 radical (unpaired) electrons. The van der Waals surface area contributed by atoms with E-state index in [1.54, 1.807) is 0 Å². The second-order valence-corrected chi connectivity index (χ2v) is 1.91. The maximum absolute atomic E-state index is 5.21. The van der Waals surface area contributed by atoms with Gasteiger partial charge in [-0.05, 0) is 19.4 Å². The predicted octanol–water partition coefficient (Wildman–Crippen LogP) is 1.33. The summed E-state index contributed by atoms with van der Waals surface area (Å²) in [6.07, 6.45) is 4.98. The molecule has 0 aromatic carbocycles. The molecule has 1 unspecified atom stereocenters. The van der Waals surface area contributed by atoms with Gasteiger partial charge in [0.1, 0.15) is 0 Å². The van der Waals surface area contributed by atoms with Crippen molar-refractivity contribution in [1.29, 1.82) is 0 Å². The summed E-state index contributed by atoms with van der Waals surface area (Å²) in [5, 5.41) is 0. The van der Waals surface area contributed by atoms with Gasteiger partial charge in [-0.25, -0.2) is 0 Å². The third kappa shape index (κ3) is 2.16. The number of hydrogen-bond acceptors (Lipinski definition) is 2. The topological polar surface area (TPSA) is 18.5 Å². The van der Waals surface area contributed by atoms with Gasteiger partial charge in [0.15, 0.2) is 6.29 Å². The lowest BCUT2D eigenvalue weighted by atomic mass is 10.3. The SMILES string of the molecule is CCOC1C=CCCO1. The molecule has 1 rings (SSSR count). The zero-order valence-corrected chi connectivity index (χ0v) is 5.67. The molecular weight excluding hydrogens is 116 g/mol. The van der Waals surface area contributed by atoms with Gasteiger partial charge in [-0.2, -0.15) is 0 Å². The van der Waals surface area contributed by atoms with Crippen molar-refractivity contribution < 1.29 is 9.47 Å². The van der Waals surface area contributed by atoms with Gasteiger partial charge in [0.2, 0.25) is 0 Å². The minimum atomic E-state index is -0.0799. The van der Waals surface area contributed by atoms with Crippen molar-refractivity contribution in [3.63, 3.8) is 0 Å². The van der Waals surface area contributed by atoms with E-state index < -0.39 is 0 Å². The molecule has 52 valence electrons. The van der Waals surface area contributed by atoms with E-state index in [1.807, 2.05) is 13.0 Å². The van der Waals surface area contributed by atoms with Crippen LogP contribution in [0.1, 0.15) is 13.3 Å². The summed E-state index contributed by atoms with van der Waals surface area (Å²) in [5.74, 6) is 0. The van der Waals surface area contributed by atoms with Gasteiger partial charge in [-0.15, -0.1) is 0 Å². The van der Waals surface area contributed by atoms with E-state index in [0.717, 1.165) is 19.6 Å². The van der Waals surface area contributed by atoms with E-state index in [4.69, 9.17) is 9.47 Å². The average Bonchev–Trinajstić information content (AvgIpc) is 1.91. The normalized spacial score (nSPS) is 26.6. The van der Waals surface area contributed by atoms with Gasteiger partial charge in [0.25, 0.3) is 0 Å². The Labute approximate surface area is 55.5 Å². The van der Waals surface area contributed by atoms with Gasteiger partial charge in [-0.3, -0.25) is 0 Å². The summed E-state index contributed by atoms with van der Waals surface area (Å²) in [5.41, 5.74) is 0. The predicted molar refractivity (Wildman–Crippen MR) is 35.1 cm³/mol. The highest BCUT2D eigenvalue weighted by Crippen LogP contribution is 2.04. The molecule has 0 N–H and O–H groups in total. The van der Waals surface area contributed by atoms with Crippen molar-refractivity contribution >= 4 is 0 Å². The van der Waals surface area contributed by atoms with Crippen LogP contribution in [-0.4, -0.2) is 19.5 Å². The maximum Gasteiger partial charge on any atom is 0.176 e. The molecule has 2 nitrogen and oxygen atoms in total. The van der Waals surface area contributed by atoms with E-state index in [9.17, 15) is 0 Å². The van der Waals surface area contributed by atoms with Crippen molar-refractivity contribution in [2.75, 3.05) is 13.2 Å². The Morgan fingerprint density at radius 1 is 1.78 bits per heavy atom. The summed E-state index contributed by atoms with van der Waals surface area (Å²) >= 11 is 0. The molecule has 0 spiro atoms. The van der Waals surface area contributed by atoms with Crippen LogP contribution in [0.2, 0.25) is 0 Å². The van der Waals surface area contributed by atoms with Crippen molar-refractivity contribution in [2.24, 2.45) is 0 Å². The molecule has 0 fully saturated rings. The van der Waals surface area contributed by atoms with Crippen LogP contribution in [0, 0.1) is 0 Å². The Morgan fingerprint density at radius 2 is 2.67 bits per heavy atom. The maximum atomic E-state index is 5.21. The Kier molecular flexibility index (Phi) is 2.74. The molecule has 0 saturated heterocycles. The number of hydrogen-bond donors (Lipinski definition) is 0. The lowest BCUT2D eigenvalue weighted by molar-refractivity contribution is -0.111. The molecule has 0 aliphatic carbocycles. The first-order chi connectivity index (χ1) is 4.43. The van der Waals surface area contributed by atoms with E-state index in [-0.39, 0.29) is 6.29 Å². The van der Waals surface area contributed by atoms with Gasteiger partial charge in [-0.1, -0.05) is 6.08 Å². The van der Waals surface area contributed by atoms with Crippen molar-refractivity contribution in [2.45, 2.75) is 19.6 Å². The zero-order chi connectivity index (χ0) is 6.53. The second kappa shape index (κ2) is 3.64. The largest absolute Gasteiger partial charge is 0.349 e. The number of ether oxygens (including phenoxy) is 2. The van der Waals surface area contributed by atoms with Gasteiger partial charge < -0.3 is 9.47 Å². The third-order valence-corrected chi connectivity index (χ3v) is 1.19. The van der Waals surface area contributed by atoms with Gasteiger partial charge in [0.05, 0.1) is 6.61 Å². The number of rotatable bonds is 2. The molecule has 1 aliphatic rings. The highest BCUT2D eigenvalue weighted by Gasteiger charge is 2.05. The monoisotopic (exact) mass is 128 g/mol. The Bertz CT molecular complexity index is 99.1. The first-order valence-corrected chi connectivity index (χ1v) is 3.33. The van der Waals surface area contributed by atoms with Crippen molar-refractivity contribution in [1.82, 2.24) is 0 Å². The minimum absolute atomic E-state index is 0.0799. The first kappa shape index (κ1) is 6.78. The van der Waals surface area contributed by atoms with Crippen LogP contribution in [-0.2, 0) is 9.47 Å². The lowest BCUT2D eigenvalue weighted by Crippen LogP contribution is -2.17. The van der Waals surface area contributed by atoms with E-state index in [1.165, 1.54) is 0 Å². The van der Waals surface area contributed by atoms with Crippen molar-refractivity contribution in [3.8, 4) is 0 Å². The smallest absolute Gasteiger partial charge is 0.176 e. The van der Waals surface area contributed by atoms with Gasteiger partial charge in [0, 0.05) is 6.61 Å². The van der Waals surface area contributed by atoms with E-state index in [0.29, 0.717) is 0 Å². The fourth-order valence-electron chi connectivity index (χ4n) is 0.783. The summed E-state index contributed by atoms with van der Waals surface area (Å²) in [4.78, 5) is 0. The Hall–Kier alpha value is -0.340. The molecule has 0 aromatic heterocycles. The lowest BCUT2D eigenvalue weighted by Gasteiger charge is -2.16. The molecule has 1 aliphatic heterocycles. The fourth-order valence-corrected chi connectivity index (χ4v) is 0.783. The average molecular weight is 128 g/mol. The minimum Gasteiger partial charge on any atom is -0.349 e. The molecule has 0 saturated carbocycles. The summed E-state index contributed by atoms with van der Waals surface area (Å²) in [6.45, 7) is 3.47. The summed E-state index contributed by atoms with van der Waals surface area (Å²) in [7, 11) is 0. The van der Waals surface area contributed by atoms with Crippen LogP contribution < -0.4 is 0 Å². The molecule has 0 aromatic rings. The zero-order valence-electron chi connectivity index (χ0n) is 5.67.